The average Bonchev–Trinajstić information content (AvgIpc) is 2.77. The molecule has 5 heteroatoms. The summed E-state index contributed by atoms with van der Waals surface area (Å²) in [6.45, 7) is 4.77. The lowest BCUT2D eigenvalue weighted by Gasteiger charge is -2.29. The van der Waals surface area contributed by atoms with Crippen molar-refractivity contribution in [1.29, 1.82) is 0 Å². The standard InChI is InChI=1S/C15H21NO4/c1-4-19-13-10-15(2,14(17)18-3)16(20-13)11-12-8-6-5-7-9-12/h5-9,13H,4,10-11H2,1-3H3/t13-,15-/m0/s1. The molecule has 20 heavy (non-hydrogen) atoms. The van der Waals surface area contributed by atoms with Gasteiger partial charge in [-0.3, -0.25) is 4.84 Å². The zero-order chi connectivity index (χ0) is 14.6. The van der Waals surface area contributed by atoms with Crippen LogP contribution in [0.5, 0.6) is 0 Å². The Labute approximate surface area is 119 Å². The zero-order valence-electron chi connectivity index (χ0n) is 12.2. The first-order chi connectivity index (χ1) is 9.60. The largest absolute Gasteiger partial charge is 0.468 e. The summed E-state index contributed by atoms with van der Waals surface area (Å²) in [5.74, 6) is -0.310. The van der Waals surface area contributed by atoms with Gasteiger partial charge in [-0.25, -0.2) is 4.79 Å². The van der Waals surface area contributed by atoms with E-state index in [4.69, 9.17) is 14.3 Å². The van der Waals surface area contributed by atoms with Crippen molar-refractivity contribution < 1.29 is 19.1 Å². The molecule has 1 aromatic carbocycles. The maximum absolute atomic E-state index is 12.1. The van der Waals surface area contributed by atoms with E-state index in [1.807, 2.05) is 44.2 Å². The number of rotatable bonds is 5. The maximum Gasteiger partial charge on any atom is 0.328 e. The van der Waals surface area contributed by atoms with Crippen LogP contribution in [0.1, 0.15) is 25.8 Å². The fourth-order valence-corrected chi connectivity index (χ4v) is 2.36. The predicted molar refractivity (Wildman–Crippen MR) is 73.5 cm³/mol. The third kappa shape index (κ3) is 3.00. The lowest BCUT2D eigenvalue weighted by Crippen LogP contribution is -2.47. The predicted octanol–water partition coefficient (Wildman–Crippen LogP) is 2.12. The molecular formula is C15H21NO4. The lowest BCUT2D eigenvalue weighted by atomic mass is 9.98. The molecule has 0 unspecified atom stereocenters. The van der Waals surface area contributed by atoms with Crippen molar-refractivity contribution in [2.24, 2.45) is 0 Å². The summed E-state index contributed by atoms with van der Waals surface area (Å²) in [7, 11) is 1.39. The molecule has 5 nitrogen and oxygen atoms in total. The minimum absolute atomic E-state index is 0.310. The SMILES string of the molecule is CCO[C@@H]1C[C@@](C)(C(=O)OC)N(Cc2ccccc2)O1. The zero-order valence-corrected chi connectivity index (χ0v) is 12.2. The summed E-state index contributed by atoms with van der Waals surface area (Å²) < 4.78 is 10.4. The van der Waals surface area contributed by atoms with Crippen LogP contribution < -0.4 is 0 Å². The fourth-order valence-electron chi connectivity index (χ4n) is 2.36. The van der Waals surface area contributed by atoms with Crippen LogP contribution in [0, 0.1) is 0 Å². The van der Waals surface area contributed by atoms with E-state index in [2.05, 4.69) is 0 Å². The molecule has 0 saturated carbocycles. The summed E-state index contributed by atoms with van der Waals surface area (Å²) in [6, 6.07) is 9.86. The Morgan fingerprint density at radius 1 is 1.45 bits per heavy atom. The number of carbonyl (C=O) groups is 1. The third-order valence-corrected chi connectivity index (χ3v) is 3.51. The first-order valence-corrected chi connectivity index (χ1v) is 6.78. The van der Waals surface area contributed by atoms with Crippen LogP contribution in [0.4, 0.5) is 0 Å². The highest BCUT2D eigenvalue weighted by atomic mass is 16.8. The van der Waals surface area contributed by atoms with E-state index in [9.17, 15) is 4.79 Å². The summed E-state index contributed by atoms with van der Waals surface area (Å²) in [5.41, 5.74) is 0.240. The van der Waals surface area contributed by atoms with Gasteiger partial charge in [-0.15, -0.1) is 0 Å². The van der Waals surface area contributed by atoms with E-state index in [0.29, 0.717) is 19.6 Å². The van der Waals surface area contributed by atoms with Gasteiger partial charge in [0.2, 0.25) is 0 Å². The Kier molecular flexibility index (Phi) is 4.75. The minimum Gasteiger partial charge on any atom is -0.468 e. The summed E-state index contributed by atoms with van der Waals surface area (Å²) >= 11 is 0. The lowest BCUT2D eigenvalue weighted by molar-refractivity contribution is -0.254. The number of esters is 1. The number of carbonyl (C=O) groups excluding carboxylic acids is 1. The van der Waals surface area contributed by atoms with Gasteiger partial charge in [0.25, 0.3) is 0 Å². The molecule has 1 aliphatic rings. The highest BCUT2D eigenvalue weighted by Gasteiger charge is 2.50. The van der Waals surface area contributed by atoms with Gasteiger partial charge in [-0.05, 0) is 19.4 Å². The Hall–Kier alpha value is -1.43. The number of hydroxylamine groups is 2. The number of methoxy groups -OCH3 is 1. The van der Waals surface area contributed by atoms with Gasteiger partial charge >= 0.3 is 5.97 Å². The van der Waals surface area contributed by atoms with Crippen LogP contribution in [-0.4, -0.2) is 36.6 Å². The van der Waals surface area contributed by atoms with Crippen LogP contribution in [-0.2, 0) is 25.7 Å². The second-order valence-corrected chi connectivity index (χ2v) is 4.98. The number of hydrogen-bond donors (Lipinski definition) is 0. The van der Waals surface area contributed by atoms with Gasteiger partial charge in [0.1, 0.15) is 5.54 Å². The minimum atomic E-state index is -0.829. The smallest absolute Gasteiger partial charge is 0.328 e. The third-order valence-electron chi connectivity index (χ3n) is 3.51. The van der Waals surface area contributed by atoms with Crippen molar-refractivity contribution >= 4 is 5.97 Å². The van der Waals surface area contributed by atoms with Crippen molar-refractivity contribution in [3.63, 3.8) is 0 Å². The van der Waals surface area contributed by atoms with Gasteiger partial charge in [0, 0.05) is 13.0 Å². The van der Waals surface area contributed by atoms with Crippen molar-refractivity contribution in [1.82, 2.24) is 5.06 Å². The van der Waals surface area contributed by atoms with Gasteiger partial charge in [-0.2, -0.15) is 5.06 Å². The van der Waals surface area contributed by atoms with Crippen molar-refractivity contribution in [2.75, 3.05) is 13.7 Å². The Morgan fingerprint density at radius 2 is 2.15 bits per heavy atom. The van der Waals surface area contributed by atoms with Crippen LogP contribution in [0.25, 0.3) is 0 Å². The number of nitrogens with zero attached hydrogens (tertiary/aromatic N) is 1. The summed E-state index contributed by atoms with van der Waals surface area (Å²) in [5, 5.41) is 1.66. The molecule has 2 atom stereocenters. The average molecular weight is 279 g/mol. The van der Waals surface area contributed by atoms with Gasteiger partial charge in [0.15, 0.2) is 6.29 Å². The van der Waals surface area contributed by atoms with Crippen molar-refractivity contribution in [3.05, 3.63) is 35.9 Å². The molecule has 0 N–H and O–H groups in total. The van der Waals surface area contributed by atoms with E-state index in [1.54, 1.807) is 5.06 Å². The van der Waals surface area contributed by atoms with E-state index in [-0.39, 0.29) is 5.97 Å². The number of ether oxygens (including phenoxy) is 2. The normalized spacial score (nSPS) is 26.6. The van der Waals surface area contributed by atoms with Crippen molar-refractivity contribution in [3.8, 4) is 0 Å². The van der Waals surface area contributed by atoms with Gasteiger partial charge in [0.05, 0.1) is 13.7 Å². The summed E-state index contributed by atoms with van der Waals surface area (Å²) in [4.78, 5) is 17.8. The first-order valence-electron chi connectivity index (χ1n) is 6.78. The van der Waals surface area contributed by atoms with E-state index in [1.165, 1.54) is 7.11 Å². The molecule has 1 fully saturated rings. The van der Waals surface area contributed by atoms with E-state index >= 15 is 0 Å². The van der Waals surface area contributed by atoms with Crippen LogP contribution in [0.2, 0.25) is 0 Å². The molecule has 1 aromatic rings. The number of hydrogen-bond acceptors (Lipinski definition) is 5. The molecule has 0 aliphatic carbocycles. The molecular weight excluding hydrogens is 258 g/mol. The first kappa shape index (κ1) is 15.0. The monoisotopic (exact) mass is 279 g/mol. The second-order valence-electron chi connectivity index (χ2n) is 4.98. The van der Waals surface area contributed by atoms with Crippen LogP contribution in [0.15, 0.2) is 30.3 Å². The quantitative estimate of drug-likeness (QED) is 0.773. The molecule has 2 rings (SSSR count). The topological polar surface area (TPSA) is 48.0 Å². The Bertz CT molecular complexity index is 450. The second kappa shape index (κ2) is 6.35. The van der Waals surface area contributed by atoms with E-state index < -0.39 is 11.8 Å². The van der Waals surface area contributed by atoms with E-state index in [0.717, 1.165) is 5.56 Å². The van der Waals surface area contributed by atoms with Crippen LogP contribution >= 0.6 is 0 Å². The molecule has 0 spiro atoms. The Morgan fingerprint density at radius 3 is 2.75 bits per heavy atom. The molecule has 1 aliphatic heterocycles. The van der Waals surface area contributed by atoms with Crippen LogP contribution in [0.3, 0.4) is 0 Å². The molecule has 0 bridgehead atoms. The van der Waals surface area contributed by atoms with Gasteiger partial charge in [-0.1, -0.05) is 30.3 Å². The fraction of sp³-hybridized carbons (Fsp3) is 0.533. The Balaban J connectivity index is 2.16. The number of benzene rings is 1. The highest BCUT2D eigenvalue weighted by Crippen LogP contribution is 2.34. The van der Waals surface area contributed by atoms with Gasteiger partial charge < -0.3 is 9.47 Å². The molecule has 110 valence electrons. The maximum atomic E-state index is 12.1. The molecule has 1 saturated heterocycles. The van der Waals surface area contributed by atoms with Crippen molar-refractivity contribution in [2.45, 2.75) is 38.6 Å². The molecule has 0 radical (unpaired) electrons. The molecule has 0 amide bonds. The molecule has 1 heterocycles. The molecule has 0 aromatic heterocycles. The highest BCUT2D eigenvalue weighted by molar-refractivity contribution is 5.80. The summed E-state index contributed by atoms with van der Waals surface area (Å²) in [6.07, 6.45) is 0.0492.